The normalized spacial score (nSPS) is 15.4. The molecule has 0 amide bonds. The summed E-state index contributed by atoms with van der Waals surface area (Å²) in [6.07, 6.45) is 1.61. The lowest BCUT2D eigenvalue weighted by Crippen LogP contribution is -2.40. The van der Waals surface area contributed by atoms with E-state index in [1.807, 2.05) is 6.92 Å². The summed E-state index contributed by atoms with van der Waals surface area (Å²) in [5.74, 6) is 0.389. The molecular weight excluding hydrogens is 548 g/mol. The van der Waals surface area contributed by atoms with Crippen molar-refractivity contribution in [2.45, 2.75) is 26.8 Å². The largest absolute Gasteiger partial charge is 0.507 e. The van der Waals surface area contributed by atoms with Crippen molar-refractivity contribution >= 4 is 39.3 Å². The number of carbonyl (C=O) groups is 1. The highest BCUT2D eigenvalue weighted by atomic mass is 79.9. The van der Waals surface area contributed by atoms with Crippen molar-refractivity contribution in [2.24, 2.45) is 4.99 Å². The molecule has 4 rings (SSSR count). The van der Waals surface area contributed by atoms with Crippen molar-refractivity contribution < 1.29 is 24.1 Å². The molecule has 1 atom stereocenters. The standard InChI is InChI=1S/C26H25BrN2O6S/c1-5-34-23-17(8-7-9-19(23)33-4)22-21(25(32)35-6-2)14(3)28-26-29(22)24(31)20(36-26)13-15-12-16(27)10-11-18(15)30/h7-13,22,30H,5-6H2,1-4H3/b20-13+/t22-/m0/s1. The molecule has 0 bridgehead atoms. The number of rotatable bonds is 7. The minimum Gasteiger partial charge on any atom is -0.507 e. The number of ether oxygens (including phenoxy) is 3. The molecule has 8 nitrogen and oxygen atoms in total. The van der Waals surface area contributed by atoms with Gasteiger partial charge in [-0.2, -0.15) is 0 Å². The monoisotopic (exact) mass is 572 g/mol. The molecule has 36 heavy (non-hydrogen) atoms. The second kappa shape index (κ2) is 10.7. The minimum absolute atomic E-state index is 0.0374. The number of halogens is 1. The van der Waals surface area contributed by atoms with Crippen LogP contribution in [0.4, 0.5) is 0 Å². The van der Waals surface area contributed by atoms with Crippen molar-refractivity contribution in [2.75, 3.05) is 20.3 Å². The fourth-order valence-electron chi connectivity index (χ4n) is 4.08. The first-order chi connectivity index (χ1) is 17.3. The molecule has 0 aliphatic carbocycles. The summed E-state index contributed by atoms with van der Waals surface area (Å²) < 4.78 is 19.4. The van der Waals surface area contributed by atoms with Crippen LogP contribution in [0.3, 0.4) is 0 Å². The molecule has 0 fully saturated rings. The number of phenols is 1. The highest BCUT2D eigenvalue weighted by molar-refractivity contribution is 9.10. The number of para-hydroxylation sites is 1. The zero-order chi connectivity index (χ0) is 26.0. The van der Waals surface area contributed by atoms with Crippen LogP contribution in [0.25, 0.3) is 6.08 Å². The number of hydrogen-bond acceptors (Lipinski definition) is 8. The Labute approximate surface area is 219 Å². The van der Waals surface area contributed by atoms with E-state index >= 15 is 0 Å². The Kier molecular flexibility index (Phi) is 7.65. The van der Waals surface area contributed by atoms with Gasteiger partial charge < -0.3 is 19.3 Å². The predicted molar refractivity (Wildman–Crippen MR) is 140 cm³/mol. The number of phenolic OH excluding ortho intramolecular Hbond substituents is 1. The van der Waals surface area contributed by atoms with Gasteiger partial charge in [0.15, 0.2) is 16.3 Å². The Hall–Kier alpha value is -3.37. The van der Waals surface area contributed by atoms with Crippen LogP contribution in [0.5, 0.6) is 17.2 Å². The number of allylic oxidation sites excluding steroid dienone is 1. The molecule has 0 unspecified atom stereocenters. The number of aromatic nitrogens is 1. The quantitative estimate of drug-likeness (QED) is 0.434. The predicted octanol–water partition coefficient (Wildman–Crippen LogP) is 3.67. The third kappa shape index (κ3) is 4.70. The van der Waals surface area contributed by atoms with Crippen LogP contribution < -0.4 is 24.4 Å². The molecular formula is C26H25BrN2O6S. The van der Waals surface area contributed by atoms with Crippen LogP contribution >= 0.6 is 27.3 Å². The number of methoxy groups -OCH3 is 1. The van der Waals surface area contributed by atoms with Crippen molar-refractivity contribution in [1.82, 2.24) is 4.57 Å². The zero-order valence-corrected chi connectivity index (χ0v) is 22.6. The number of thiazole rings is 1. The van der Waals surface area contributed by atoms with E-state index in [1.165, 1.54) is 23.0 Å². The molecule has 0 spiro atoms. The van der Waals surface area contributed by atoms with Gasteiger partial charge in [0.25, 0.3) is 5.56 Å². The third-order valence-corrected chi connectivity index (χ3v) is 7.08. The number of carbonyl (C=O) groups excluding carboxylic acids is 1. The first-order valence-corrected chi connectivity index (χ1v) is 12.9. The summed E-state index contributed by atoms with van der Waals surface area (Å²) in [5.41, 5.74) is 1.38. The molecule has 10 heteroatoms. The summed E-state index contributed by atoms with van der Waals surface area (Å²) in [4.78, 5) is 31.9. The van der Waals surface area contributed by atoms with E-state index < -0.39 is 12.0 Å². The van der Waals surface area contributed by atoms with Crippen molar-refractivity contribution in [1.29, 1.82) is 0 Å². The van der Waals surface area contributed by atoms with Gasteiger partial charge in [-0.3, -0.25) is 9.36 Å². The SMILES string of the molecule is CCOC(=O)C1=C(C)N=c2s/c(=C/c3cc(Br)ccc3O)c(=O)n2[C@H]1c1cccc(OC)c1OCC. The van der Waals surface area contributed by atoms with Crippen molar-refractivity contribution in [3.05, 3.63) is 83.0 Å². The van der Waals surface area contributed by atoms with E-state index in [4.69, 9.17) is 14.2 Å². The third-order valence-electron chi connectivity index (χ3n) is 5.61. The van der Waals surface area contributed by atoms with Gasteiger partial charge in [0.2, 0.25) is 0 Å². The Morgan fingerprint density at radius 1 is 1.25 bits per heavy atom. The highest BCUT2D eigenvalue weighted by Crippen LogP contribution is 2.40. The molecule has 2 heterocycles. The second-order valence-electron chi connectivity index (χ2n) is 7.82. The summed E-state index contributed by atoms with van der Waals surface area (Å²) in [6.45, 7) is 5.82. The van der Waals surface area contributed by atoms with E-state index in [-0.39, 0.29) is 23.5 Å². The molecule has 0 saturated carbocycles. The molecule has 2 aromatic carbocycles. The molecule has 0 radical (unpaired) electrons. The maximum atomic E-state index is 13.8. The zero-order valence-electron chi connectivity index (χ0n) is 20.2. The molecule has 1 aromatic heterocycles. The number of aromatic hydroxyl groups is 1. The molecule has 188 valence electrons. The van der Waals surface area contributed by atoms with E-state index in [0.29, 0.717) is 44.3 Å². The number of nitrogens with zero attached hydrogens (tertiary/aromatic N) is 2. The number of hydrogen-bond donors (Lipinski definition) is 1. The Bertz CT molecular complexity index is 1540. The average Bonchev–Trinajstić information content (AvgIpc) is 3.15. The fourth-order valence-corrected chi connectivity index (χ4v) is 5.49. The van der Waals surface area contributed by atoms with Crippen molar-refractivity contribution in [3.8, 4) is 17.2 Å². The Morgan fingerprint density at radius 2 is 2.03 bits per heavy atom. The van der Waals surface area contributed by atoms with Gasteiger partial charge in [-0.25, -0.2) is 9.79 Å². The Morgan fingerprint density at radius 3 is 2.72 bits per heavy atom. The molecule has 0 saturated heterocycles. The summed E-state index contributed by atoms with van der Waals surface area (Å²) in [5, 5.41) is 10.3. The number of esters is 1. The number of fused-ring (bicyclic) bond motifs is 1. The smallest absolute Gasteiger partial charge is 0.338 e. The Balaban J connectivity index is 2.04. The van der Waals surface area contributed by atoms with E-state index in [9.17, 15) is 14.7 Å². The first-order valence-electron chi connectivity index (χ1n) is 11.3. The van der Waals surface area contributed by atoms with Crippen molar-refractivity contribution in [3.63, 3.8) is 0 Å². The lowest BCUT2D eigenvalue weighted by Gasteiger charge is -2.26. The topological polar surface area (TPSA) is 99.4 Å². The summed E-state index contributed by atoms with van der Waals surface area (Å²) >= 11 is 4.57. The lowest BCUT2D eigenvalue weighted by atomic mass is 9.94. The minimum atomic E-state index is -0.852. The summed E-state index contributed by atoms with van der Waals surface area (Å²) in [7, 11) is 1.53. The van der Waals surface area contributed by atoms with Crippen LogP contribution in [0.1, 0.15) is 37.9 Å². The highest BCUT2D eigenvalue weighted by Gasteiger charge is 2.36. The maximum Gasteiger partial charge on any atom is 0.338 e. The van der Waals surface area contributed by atoms with Crippen LogP contribution in [0.15, 0.2) is 61.9 Å². The van der Waals surface area contributed by atoms with Gasteiger partial charge >= 0.3 is 5.97 Å². The van der Waals surface area contributed by atoms with Gasteiger partial charge in [-0.05, 0) is 51.1 Å². The molecule has 1 aliphatic heterocycles. The maximum absolute atomic E-state index is 13.8. The summed E-state index contributed by atoms with van der Waals surface area (Å²) in [6, 6.07) is 9.46. The van der Waals surface area contributed by atoms with Gasteiger partial charge in [0.05, 0.1) is 36.1 Å². The number of benzene rings is 2. The molecule has 3 aromatic rings. The first kappa shape index (κ1) is 25.7. The van der Waals surface area contributed by atoms with Crippen LogP contribution in [0, 0.1) is 0 Å². The van der Waals surface area contributed by atoms with Gasteiger partial charge in [-0.1, -0.05) is 39.4 Å². The van der Waals surface area contributed by atoms with Gasteiger partial charge in [0.1, 0.15) is 11.8 Å². The van der Waals surface area contributed by atoms with Gasteiger partial charge in [-0.15, -0.1) is 0 Å². The average molecular weight is 573 g/mol. The van der Waals surface area contributed by atoms with E-state index in [2.05, 4.69) is 20.9 Å². The molecule has 1 N–H and O–H groups in total. The van der Waals surface area contributed by atoms with Crippen LogP contribution in [0.2, 0.25) is 0 Å². The van der Waals surface area contributed by atoms with E-state index in [1.54, 1.807) is 56.3 Å². The fraction of sp³-hybridized carbons (Fsp3) is 0.269. The van der Waals surface area contributed by atoms with Gasteiger partial charge in [0, 0.05) is 15.6 Å². The molecule has 1 aliphatic rings. The van der Waals surface area contributed by atoms with E-state index in [0.717, 1.165) is 4.47 Å². The second-order valence-corrected chi connectivity index (χ2v) is 9.74. The van der Waals surface area contributed by atoms with Crippen LogP contribution in [-0.2, 0) is 9.53 Å². The van der Waals surface area contributed by atoms with Crippen LogP contribution in [-0.4, -0.2) is 36.0 Å². The lowest BCUT2D eigenvalue weighted by molar-refractivity contribution is -0.139.